The molecule has 2 aliphatic rings. The lowest BCUT2D eigenvalue weighted by molar-refractivity contribution is -0.147. The van der Waals surface area contributed by atoms with E-state index in [0.717, 1.165) is 31.9 Å². The molecule has 2 aromatic carbocycles. The summed E-state index contributed by atoms with van der Waals surface area (Å²) in [4.78, 5) is 20.3. The van der Waals surface area contributed by atoms with E-state index in [4.69, 9.17) is 4.98 Å². The number of alkyl halides is 3. The minimum atomic E-state index is -4.75. The van der Waals surface area contributed by atoms with Crippen molar-refractivity contribution in [1.29, 1.82) is 0 Å². The Morgan fingerprint density at radius 3 is 2.26 bits per heavy atom. The SMILES string of the molecule is CC(NS(=O)(=O)c1ccc(-c2sc(C(=O)N3CCC(S(C)(=O)=O)CC3)nc2CC2CCC2)c2ccccc12)C(F)(F)F. The van der Waals surface area contributed by atoms with Crippen LogP contribution in [0.4, 0.5) is 13.2 Å². The zero-order chi connectivity index (χ0) is 30.4. The number of benzene rings is 2. The third-order valence-electron chi connectivity index (χ3n) is 8.16. The third kappa shape index (κ3) is 6.36. The fourth-order valence-corrected chi connectivity index (χ4v) is 9.06. The van der Waals surface area contributed by atoms with Gasteiger partial charge in [-0.05, 0) is 43.6 Å². The Balaban J connectivity index is 1.52. The maximum Gasteiger partial charge on any atom is 0.404 e. The molecular formula is C28H32F3N3O5S3. The summed E-state index contributed by atoms with van der Waals surface area (Å²) in [5, 5.41) is 0.582. The normalized spacial score (nSPS) is 18.3. The second-order valence-corrected chi connectivity index (χ2v) is 16.2. The van der Waals surface area contributed by atoms with Gasteiger partial charge in [-0.3, -0.25) is 4.79 Å². The number of halogens is 3. The van der Waals surface area contributed by atoms with Gasteiger partial charge in [-0.2, -0.15) is 17.9 Å². The first-order chi connectivity index (χ1) is 19.6. The molecule has 1 saturated heterocycles. The molecule has 1 N–H and O–H groups in total. The number of nitrogens with one attached hydrogen (secondary N) is 1. The van der Waals surface area contributed by atoms with Crippen LogP contribution in [-0.2, 0) is 26.3 Å². The highest BCUT2D eigenvalue weighted by Gasteiger charge is 2.39. The van der Waals surface area contributed by atoms with Crippen molar-refractivity contribution >= 4 is 47.9 Å². The van der Waals surface area contributed by atoms with Crippen LogP contribution in [0, 0.1) is 5.92 Å². The fraction of sp³-hybridized carbons (Fsp3) is 0.500. The largest absolute Gasteiger partial charge is 0.404 e. The molecule has 14 heteroatoms. The van der Waals surface area contributed by atoms with Gasteiger partial charge in [0.25, 0.3) is 5.91 Å². The summed E-state index contributed by atoms with van der Waals surface area (Å²) >= 11 is 1.21. The van der Waals surface area contributed by atoms with Crippen molar-refractivity contribution in [3.8, 4) is 10.4 Å². The molecule has 228 valence electrons. The number of fused-ring (bicyclic) bond motifs is 1. The van der Waals surface area contributed by atoms with Gasteiger partial charge in [0.1, 0.15) is 15.9 Å². The molecule has 8 nitrogen and oxygen atoms in total. The monoisotopic (exact) mass is 643 g/mol. The number of hydrogen-bond donors (Lipinski definition) is 1. The zero-order valence-corrected chi connectivity index (χ0v) is 25.6. The molecule has 0 bridgehead atoms. The Kier molecular flexibility index (Phi) is 8.47. The van der Waals surface area contributed by atoms with Gasteiger partial charge in [0, 0.05) is 30.3 Å². The second-order valence-electron chi connectivity index (χ2n) is 11.2. The molecule has 5 rings (SSSR count). The second kappa shape index (κ2) is 11.5. The number of amides is 1. The molecule has 1 amide bonds. The van der Waals surface area contributed by atoms with Gasteiger partial charge >= 0.3 is 6.18 Å². The number of likely N-dealkylation sites (tertiary alicyclic amines) is 1. The van der Waals surface area contributed by atoms with Crippen LogP contribution in [0.1, 0.15) is 54.5 Å². The average molecular weight is 644 g/mol. The molecule has 1 aromatic heterocycles. The lowest BCUT2D eigenvalue weighted by Gasteiger charge is -2.30. The Hall–Kier alpha value is -2.55. The predicted molar refractivity (Wildman–Crippen MR) is 156 cm³/mol. The van der Waals surface area contributed by atoms with Crippen molar-refractivity contribution in [1.82, 2.24) is 14.6 Å². The highest BCUT2D eigenvalue weighted by molar-refractivity contribution is 7.91. The van der Waals surface area contributed by atoms with Crippen molar-refractivity contribution in [2.24, 2.45) is 5.92 Å². The number of carbonyl (C=O) groups is 1. The summed E-state index contributed by atoms with van der Waals surface area (Å²) in [7, 11) is -7.71. The van der Waals surface area contributed by atoms with E-state index >= 15 is 0 Å². The van der Waals surface area contributed by atoms with E-state index in [2.05, 4.69) is 0 Å². The number of sulfonamides is 1. The molecule has 1 unspecified atom stereocenters. The number of carbonyl (C=O) groups excluding carboxylic acids is 1. The van der Waals surface area contributed by atoms with E-state index in [9.17, 15) is 34.8 Å². The van der Waals surface area contributed by atoms with Crippen LogP contribution < -0.4 is 4.72 Å². The Labute approximate surface area is 247 Å². The zero-order valence-electron chi connectivity index (χ0n) is 23.1. The number of nitrogens with zero attached hydrogens (tertiary/aromatic N) is 2. The molecule has 3 aromatic rings. The number of piperidine rings is 1. The van der Waals surface area contributed by atoms with Crippen molar-refractivity contribution in [3.63, 3.8) is 0 Å². The standard InChI is InChI=1S/C28H32F3N3O5S3/c1-17(28(29,30)31)33-42(38,39)24-11-10-22(20-8-3-4-9-21(20)24)25-23(16-18-6-5-7-18)32-26(40-25)27(35)34-14-12-19(13-15-34)41(2,36)37/h3-4,8-11,17-19,33H,5-7,12-16H2,1-2H3. The Morgan fingerprint density at radius 1 is 1.05 bits per heavy atom. The van der Waals surface area contributed by atoms with E-state index in [1.165, 1.54) is 23.7 Å². The molecule has 42 heavy (non-hydrogen) atoms. The summed E-state index contributed by atoms with van der Waals surface area (Å²) in [6.07, 6.45) is 1.03. The van der Waals surface area contributed by atoms with Crippen LogP contribution in [0.25, 0.3) is 21.2 Å². The predicted octanol–water partition coefficient (Wildman–Crippen LogP) is 5.18. The summed E-state index contributed by atoms with van der Waals surface area (Å²) in [5.74, 6) is 0.139. The molecule has 0 radical (unpaired) electrons. The lowest BCUT2D eigenvalue weighted by atomic mass is 9.81. The van der Waals surface area contributed by atoms with Crippen LogP contribution in [0.3, 0.4) is 0 Å². The first-order valence-corrected chi connectivity index (χ1v) is 18.0. The van der Waals surface area contributed by atoms with E-state index < -0.39 is 37.3 Å². The van der Waals surface area contributed by atoms with E-state index in [0.29, 0.717) is 54.1 Å². The van der Waals surface area contributed by atoms with Gasteiger partial charge in [0.05, 0.1) is 20.7 Å². The van der Waals surface area contributed by atoms with Gasteiger partial charge in [-0.1, -0.05) is 49.6 Å². The maximum atomic E-state index is 13.5. The van der Waals surface area contributed by atoms with Crippen LogP contribution in [0.5, 0.6) is 0 Å². The number of hydrogen-bond acceptors (Lipinski definition) is 7. The summed E-state index contributed by atoms with van der Waals surface area (Å²) < 4.78 is 91.2. The van der Waals surface area contributed by atoms with Gasteiger partial charge in [0.15, 0.2) is 5.01 Å². The van der Waals surface area contributed by atoms with E-state index in [-0.39, 0.29) is 21.2 Å². The third-order valence-corrected chi connectivity index (χ3v) is 12.6. The lowest BCUT2D eigenvalue weighted by Crippen LogP contribution is -2.43. The molecule has 2 fully saturated rings. The topological polar surface area (TPSA) is 114 Å². The molecule has 1 aliphatic heterocycles. The van der Waals surface area contributed by atoms with Gasteiger partial charge < -0.3 is 4.90 Å². The number of aromatic nitrogens is 1. The molecule has 1 aliphatic carbocycles. The minimum absolute atomic E-state index is 0.260. The van der Waals surface area contributed by atoms with Crippen molar-refractivity contribution in [3.05, 3.63) is 47.1 Å². The summed E-state index contributed by atoms with van der Waals surface area (Å²) in [6, 6.07) is 7.20. The van der Waals surface area contributed by atoms with Crippen molar-refractivity contribution in [2.45, 2.75) is 67.8 Å². The van der Waals surface area contributed by atoms with E-state index in [1.807, 2.05) is 0 Å². The van der Waals surface area contributed by atoms with Gasteiger partial charge in [-0.15, -0.1) is 11.3 Å². The molecule has 2 heterocycles. The number of rotatable bonds is 8. The summed E-state index contributed by atoms with van der Waals surface area (Å²) in [6.45, 7) is 1.37. The van der Waals surface area contributed by atoms with Gasteiger partial charge in [-0.25, -0.2) is 21.8 Å². The molecule has 0 spiro atoms. The quantitative estimate of drug-likeness (QED) is 0.362. The van der Waals surface area contributed by atoms with Crippen LogP contribution in [0.2, 0.25) is 0 Å². The fourth-order valence-electron chi connectivity index (χ4n) is 5.45. The highest BCUT2D eigenvalue weighted by Crippen LogP contribution is 2.41. The van der Waals surface area contributed by atoms with Crippen LogP contribution >= 0.6 is 11.3 Å². The molecular weight excluding hydrogens is 612 g/mol. The highest BCUT2D eigenvalue weighted by atomic mass is 32.2. The van der Waals surface area contributed by atoms with Crippen molar-refractivity contribution in [2.75, 3.05) is 19.3 Å². The first-order valence-electron chi connectivity index (χ1n) is 13.7. The number of sulfone groups is 1. The summed E-state index contributed by atoms with van der Waals surface area (Å²) in [5.41, 5.74) is 1.37. The minimum Gasteiger partial charge on any atom is -0.337 e. The van der Waals surface area contributed by atoms with Crippen molar-refractivity contribution < 1.29 is 34.8 Å². The van der Waals surface area contributed by atoms with E-state index in [1.54, 1.807) is 40.0 Å². The van der Waals surface area contributed by atoms with Crippen LogP contribution in [-0.4, -0.2) is 69.4 Å². The Bertz CT molecular complexity index is 1710. The smallest absolute Gasteiger partial charge is 0.337 e. The maximum absolute atomic E-state index is 13.5. The van der Waals surface area contributed by atoms with Crippen LogP contribution in [0.15, 0.2) is 41.3 Å². The molecule has 1 saturated carbocycles. The first kappa shape index (κ1) is 30.9. The number of thiazole rings is 1. The average Bonchev–Trinajstić information content (AvgIpc) is 3.32. The van der Waals surface area contributed by atoms with Gasteiger partial charge in [0.2, 0.25) is 10.0 Å². The Morgan fingerprint density at radius 2 is 1.69 bits per heavy atom. The molecule has 1 atom stereocenters.